The minimum Gasteiger partial charge on any atom is -0.333 e. The van der Waals surface area contributed by atoms with Crippen molar-refractivity contribution in [1.82, 2.24) is 19.8 Å². The van der Waals surface area contributed by atoms with Crippen LogP contribution < -0.4 is 5.32 Å². The maximum absolute atomic E-state index is 14.5. The van der Waals surface area contributed by atoms with Gasteiger partial charge < -0.3 is 5.32 Å². The molecule has 0 spiro atoms. The van der Waals surface area contributed by atoms with Crippen molar-refractivity contribution in [3.63, 3.8) is 0 Å². The Labute approximate surface area is 223 Å². The first-order chi connectivity index (χ1) is 17.4. The highest BCUT2D eigenvalue weighted by atomic mass is 35.5. The van der Waals surface area contributed by atoms with Gasteiger partial charge in [0, 0.05) is 54.9 Å². The molecule has 0 unspecified atom stereocenters. The molecule has 3 heterocycles. The molecule has 0 radical (unpaired) electrons. The maximum atomic E-state index is 14.5. The van der Waals surface area contributed by atoms with E-state index in [0.717, 1.165) is 35.5 Å². The summed E-state index contributed by atoms with van der Waals surface area (Å²) in [5.74, 6) is -0.504. The fourth-order valence-electron chi connectivity index (χ4n) is 4.51. The number of rotatable bonds is 5. The molecule has 0 atom stereocenters. The van der Waals surface area contributed by atoms with Gasteiger partial charge in [0.25, 0.3) is 0 Å². The van der Waals surface area contributed by atoms with Crippen LogP contribution in [0.3, 0.4) is 0 Å². The number of nitrogens with zero attached hydrogens (tertiary/aromatic N) is 3. The third kappa shape index (κ3) is 5.27. The van der Waals surface area contributed by atoms with Gasteiger partial charge in [-0.15, -0.1) is 0 Å². The highest BCUT2D eigenvalue weighted by Gasteiger charge is 2.27. The molecule has 5 nitrogen and oxygen atoms in total. The largest absolute Gasteiger partial charge is 0.333 e. The normalized spacial score (nSPS) is 13.9. The fraction of sp³-hybridized carbons (Fsp3) is 0.185. The van der Waals surface area contributed by atoms with Gasteiger partial charge in [0.15, 0.2) is 0 Å². The highest BCUT2D eigenvalue weighted by molar-refractivity contribution is 6.31. The highest BCUT2D eigenvalue weighted by Crippen LogP contribution is 2.34. The predicted octanol–water partition coefficient (Wildman–Crippen LogP) is 6.97. The van der Waals surface area contributed by atoms with Gasteiger partial charge in [0.1, 0.15) is 11.0 Å². The summed E-state index contributed by atoms with van der Waals surface area (Å²) < 4.78 is 16.1. The number of fused-ring (bicyclic) bond motifs is 3. The number of hydrogen-bond donors (Lipinski definition) is 1. The van der Waals surface area contributed by atoms with Crippen LogP contribution in [0, 0.1) is 5.82 Å². The number of hydrogen-bond acceptors (Lipinski definition) is 3. The van der Waals surface area contributed by atoms with Gasteiger partial charge in [-0.05, 0) is 53.1 Å². The van der Waals surface area contributed by atoms with Gasteiger partial charge in [-0.1, -0.05) is 59.1 Å². The van der Waals surface area contributed by atoms with Crippen molar-refractivity contribution >= 4 is 57.8 Å². The molecule has 1 amide bonds. The van der Waals surface area contributed by atoms with Crippen LogP contribution >= 0.6 is 34.8 Å². The molecule has 184 valence electrons. The number of halogens is 4. The Bertz CT molecular complexity index is 1470. The van der Waals surface area contributed by atoms with E-state index in [2.05, 4.69) is 21.3 Å². The number of aromatic nitrogens is 2. The molecule has 0 bridgehead atoms. The van der Waals surface area contributed by atoms with Crippen LogP contribution in [-0.4, -0.2) is 33.6 Å². The monoisotopic (exact) mass is 542 g/mol. The summed E-state index contributed by atoms with van der Waals surface area (Å²) >= 11 is 18.0. The Balaban J connectivity index is 1.40. The van der Waals surface area contributed by atoms with Crippen molar-refractivity contribution in [2.75, 3.05) is 13.1 Å². The first-order valence-corrected chi connectivity index (χ1v) is 12.6. The fourth-order valence-corrected chi connectivity index (χ4v) is 4.99. The summed E-state index contributed by atoms with van der Waals surface area (Å²) in [4.78, 5) is 19.5. The SMILES string of the molecule is O=C(NCc1ccnc(Cl)c1)n1c2c(c3cc(F)c(Cl)cc31)CN(C/C=C/c1ccc(Cl)cc1)CC2. The second-order valence-electron chi connectivity index (χ2n) is 8.63. The van der Waals surface area contributed by atoms with Crippen molar-refractivity contribution in [3.8, 4) is 0 Å². The van der Waals surface area contributed by atoms with E-state index < -0.39 is 5.82 Å². The van der Waals surface area contributed by atoms with Crippen molar-refractivity contribution < 1.29 is 9.18 Å². The molecule has 1 aliphatic rings. The quantitative estimate of drug-likeness (QED) is 0.277. The number of nitrogens with one attached hydrogen (secondary N) is 1. The average Bonchev–Trinajstić information content (AvgIpc) is 3.16. The van der Waals surface area contributed by atoms with E-state index in [0.29, 0.717) is 34.0 Å². The zero-order valence-electron chi connectivity index (χ0n) is 19.1. The molecule has 2 aromatic carbocycles. The Morgan fingerprint density at radius 2 is 1.92 bits per heavy atom. The molecule has 4 aromatic rings. The smallest absolute Gasteiger partial charge is 0.326 e. The number of amides is 1. The topological polar surface area (TPSA) is 50.2 Å². The van der Waals surface area contributed by atoms with E-state index in [9.17, 15) is 9.18 Å². The van der Waals surface area contributed by atoms with Crippen molar-refractivity contribution in [2.24, 2.45) is 0 Å². The molecule has 0 fully saturated rings. The lowest BCUT2D eigenvalue weighted by atomic mass is 10.0. The summed E-state index contributed by atoms with van der Waals surface area (Å²) in [6.07, 6.45) is 6.38. The molecule has 2 aromatic heterocycles. The molecule has 1 aliphatic heterocycles. The number of pyridine rings is 1. The van der Waals surface area contributed by atoms with Gasteiger partial charge in [0.05, 0.1) is 10.5 Å². The summed E-state index contributed by atoms with van der Waals surface area (Å²) in [5, 5.41) is 4.68. The van der Waals surface area contributed by atoms with E-state index in [1.165, 1.54) is 12.1 Å². The maximum Gasteiger partial charge on any atom is 0.326 e. The van der Waals surface area contributed by atoms with Crippen molar-refractivity contribution in [2.45, 2.75) is 19.5 Å². The lowest BCUT2D eigenvalue weighted by molar-refractivity contribution is 0.240. The first-order valence-electron chi connectivity index (χ1n) is 11.4. The third-order valence-electron chi connectivity index (χ3n) is 6.25. The van der Waals surface area contributed by atoms with Crippen LogP contribution in [0.15, 0.2) is 60.8 Å². The van der Waals surface area contributed by atoms with Crippen LogP contribution in [0.5, 0.6) is 0 Å². The summed E-state index contributed by atoms with van der Waals surface area (Å²) in [5.41, 5.74) is 4.30. The molecule has 0 saturated carbocycles. The lowest BCUT2D eigenvalue weighted by Crippen LogP contribution is -2.34. The van der Waals surface area contributed by atoms with Crippen LogP contribution in [0.2, 0.25) is 15.2 Å². The summed E-state index contributed by atoms with van der Waals surface area (Å²) in [6, 6.07) is 13.8. The van der Waals surface area contributed by atoms with E-state index in [-0.39, 0.29) is 17.6 Å². The van der Waals surface area contributed by atoms with Crippen molar-refractivity contribution in [3.05, 3.63) is 104 Å². The van der Waals surface area contributed by atoms with Gasteiger partial charge in [-0.2, -0.15) is 0 Å². The van der Waals surface area contributed by atoms with Crippen molar-refractivity contribution in [1.29, 1.82) is 0 Å². The second kappa shape index (κ2) is 10.6. The van der Waals surface area contributed by atoms with E-state index in [4.69, 9.17) is 34.8 Å². The van der Waals surface area contributed by atoms with E-state index >= 15 is 0 Å². The molecule has 0 aliphatic carbocycles. The summed E-state index contributed by atoms with van der Waals surface area (Å²) in [6.45, 7) is 2.36. The Morgan fingerprint density at radius 3 is 2.69 bits per heavy atom. The second-order valence-corrected chi connectivity index (χ2v) is 9.86. The third-order valence-corrected chi connectivity index (χ3v) is 7.00. The van der Waals surface area contributed by atoms with Crippen LogP contribution in [0.4, 0.5) is 9.18 Å². The van der Waals surface area contributed by atoms with Crippen LogP contribution in [-0.2, 0) is 19.5 Å². The Hall–Kier alpha value is -2.90. The molecule has 0 saturated heterocycles. The molecule has 5 rings (SSSR count). The first kappa shape index (κ1) is 24.8. The van der Waals surface area contributed by atoms with E-state index in [1.54, 1.807) is 22.9 Å². The standard InChI is InChI=1S/C27H22Cl3FN4O/c28-19-5-3-17(4-6-19)2-1-10-34-11-8-24-21(16-34)20-13-23(31)22(29)14-25(20)35(24)27(36)33-15-18-7-9-32-26(30)12-18/h1-7,9,12-14H,8,10-11,15-16H2,(H,33,36)/b2-1+. The Kier molecular flexibility index (Phi) is 7.30. The van der Waals surface area contributed by atoms with Gasteiger partial charge >= 0.3 is 6.03 Å². The lowest BCUT2D eigenvalue weighted by Gasteiger charge is -2.27. The number of carbonyl (C=O) groups is 1. The predicted molar refractivity (Wildman–Crippen MR) is 143 cm³/mol. The minimum absolute atomic E-state index is 0.0185. The van der Waals surface area contributed by atoms with Crippen LogP contribution in [0.1, 0.15) is 22.4 Å². The molecule has 1 N–H and O–H groups in total. The molecule has 9 heteroatoms. The van der Waals surface area contributed by atoms with Gasteiger partial charge in [0.2, 0.25) is 0 Å². The number of carbonyl (C=O) groups excluding carboxylic acids is 1. The average molecular weight is 544 g/mol. The molecule has 36 heavy (non-hydrogen) atoms. The summed E-state index contributed by atoms with van der Waals surface area (Å²) in [7, 11) is 0. The molecular weight excluding hydrogens is 522 g/mol. The Morgan fingerprint density at radius 1 is 1.11 bits per heavy atom. The zero-order valence-corrected chi connectivity index (χ0v) is 21.4. The minimum atomic E-state index is -0.504. The zero-order chi connectivity index (χ0) is 25.2. The van der Waals surface area contributed by atoms with E-state index in [1.807, 2.05) is 30.3 Å². The van der Waals surface area contributed by atoms with Gasteiger partial charge in [-0.3, -0.25) is 9.47 Å². The number of benzene rings is 2. The van der Waals surface area contributed by atoms with Gasteiger partial charge in [-0.25, -0.2) is 14.2 Å². The van der Waals surface area contributed by atoms with Crippen LogP contribution in [0.25, 0.3) is 17.0 Å². The molecular formula is C27H22Cl3FN4O.